The summed E-state index contributed by atoms with van der Waals surface area (Å²) in [6.07, 6.45) is 0. The van der Waals surface area contributed by atoms with Crippen LogP contribution < -0.4 is 5.32 Å². The number of hydrogen-bond donors (Lipinski definition) is 1. The molecule has 1 N–H and O–H groups in total. The van der Waals surface area contributed by atoms with Gasteiger partial charge in [0.1, 0.15) is 0 Å². The van der Waals surface area contributed by atoms with Gasteiger partial charge < -0.3 is 14.8 Å². The number of hydrogen-bond acceptors (Lipinski definition) is 5. The van der Waals surface area contributed by atoms with E-state index in [1.165, 1.54) is 26.2 Å². The van der Waals surface area contributed by atoms with E-state index < -0.39 is 0 Å². The van der Waals surface area contributed by atoms with Crippen molar-refractivity contribution in [3.8, 4) is 0 Å². The molecule has 2 aliphatic heterocycles. The van der Waals surface area contributed by atoms with Gasteiger partial charge in [-0.15, -0.1) is 0 Å². The van der Waals surface area contributed by atoms with Gasteiger partial charge in [-0.1, -0.05) is 0 Å². The van der Waals surface area contributed by atoms with Crippen LogP contribution in [0.4, 0.5) is 0 Å². The lowest BCUT2D eigenvalue weighted by Gasteiger charge is -2.42. The van der Waals surface area contributed by atoms with Gasteiger partial charge in [0.25, 0.3) is 0 Å². The van der Waals surface area contributed by atoms with Crippen LogP contribution in [0, 0.1) is 0 Å². The summed E-state index contributed by atoms with van der Waals surface area (Å²) in [6.45, 7) is 10.3. The molecule has 0 aromatic rings. The molecule has 100 valence electrons. The monoisotopic (exact) mass is 243 g/mol. The topological polar surface area (TPSA) is 37.0 Å². The normalized spacial score (nSPS) is 23.8. The largest absolute Gasteiger partial charge is 0.379 e. The van der Waals surface area contributed by atoms with Crippen LogP contribution in [0.5, 0.6) is 0 Å². The van der Waals surface area contributed by atoms with Crippen LogP contribution in [0.2, 0.25) is 0 Å². The number of ether oxygens (including phenoxy) is 2. The first-order valence-corrected chi connectivity index (χ1v) is 6.66. The van der Waals surface area contributed by atoms with Crippen molar-refractivity contribution in [2.24, 2.45) is 0 Å². The molecule has 0 aliphatic carbocycles. The van der Waals surface area contributed by atoms with E-state index in [2.05, 4.69) is 15.1 Å². The van der Waals surface area contributed by atoms with Gasteiger partial charge in [0.15, 0.2) is 0 Å². The highest BCUT2D eigenvalue weighted by Gasteiger charge is 2.28. The number of nitrogens with one attached hydrogen (secondary N) is 1. The predicted octanol–water partition coefficient (Wildman–Crippen LogP) is -0.761. The van der Waals surface area contributed by atoms with Gasteiger partial charge in [-0.05, 0) is 7.05 Å². The van der Waals surface area contributed by atoms with E-state index in [0.717, 1.165) is 39.5 Å². The Balaban J connectivity index is 1.50. The summed E-state index contributed by atoms with van der Waals surface area (Å²) in [5, 5.41) is 3.08. The minimum atomic E-state index is 0.698. The minimum Gasteiger partial charge on any atom is -0.379 e. The van der Waals surface area contributed by atoms with Gasteiger partial charge in [0, 0.05) is 39.3 Å². The fraction of sp³-hybridized carbons (Fsp3) is 1.00. The maximum atomic E-state index is 5.55. The van der Waals surface area contributed by atoms with Crippen molar-refractivity contribution in [2.75, 3.05) is 72.7 Å². The van der Waals surface area contributed by atoms with Crippen LogP contribution in [0.1, 0.15) is 0 Å². The van der Waals surface area contributed by atoms with Crippen molar-refractivity contribution >= 4 is 0 Å². The Labute approximate surface area is 104 Å². The molecule has 0 atom stereocenters. The summed E-state index contributed by atoms with van der Waals surface area (Å²) >= 11 is 0. The van der Waals surface area contributed by atoms with Crippen LogP contribution in [0.25, 0.3) is 0 Å². The smallest absolute Gasteiger partial charge is 0.0645 e. The highest BCUT2D eigenvalue weighted by molar-refractivity contribution is 4.82. The van der Waals surface area contributed by atoms with Crippen molar-refractivity contribution in [3.63, 3.8) is 0 Å². The summed E-state index contributed by atoms with van der Waals surface area (Å²) in [5.74, 6) is 0. The second-order valence-corrected chi connectivity index (χ2v) is 4.78. The lowest BCUT2D eigenvalue weighted by molar-refractivity contribution is -0.0779. The summed E-state index contributed by atoms with van der Waals surface area (Å²) in [4.78, 5) is 5.05. The molecule has 0 bridgehead atoms. The first kappa shape index (κ1) is 13.2. The van der Waals surface area contributed by atoms with Gasteiger partial charge in [0.05, 0.1) is 32.5 Å². The second-order valence-electron chi connectivity index (χ2n) is 4.78. The second kappa shape index (κ2) is 7.28. The molecule has 2 aliphatic rings. The third-order valence-corrected chi connectivity index (χ3v) is 3.59. The number of piperazine rings is 1. The third kappa shape index (κ3) is 4.19. The summed E-state index contributed by atoms with van der Waals surface area (Å²) in [6, 6.07) is 0.698. The van der Waals surface area contributed by atoms with Crippen molar-refractivity contribution in [1.29, 1.82) is 0 Å². The standard InChI is InChI=1S/C12H25N3O2/c1-13-2-8-16-9-7-14-3-5-15(6-4-14)12-10-17-11-12/h12-13H,2-11H2,1H3. The highest BCUT2D eigenvalue weighted by atomic mass is 16.5. The van der Waals surface area contributed by atoms with Crippen LogP contribution in [0.15, 0.2) is 0 Å². The van der Waals surface area contributed by atoms with Crippen molar-refractivity contribution in [2.45, 2.75) is 6.04 Å². The number of likely N-dealkylation sites (N-methyl/N-ethyl adjacent to an activating group) is 1. The Morgan fingerprint density at radius 1 is 1.18 bits per heavy atom. The van der Waals surface area contributed by atoms with Crippen LogP contribution in [-0.4, -0.2) is 88.6 Å². The molecule has 0 unspecified atom stereocenters. The highest BCUT2D eigenvalue weighted by Crippen LogP contribution is 2.12. The summed E-state index contributed by atoms with van der Waals surface area (Å²) in [7, 11) is 1.95. The zero-order valence-corrected chi connectivity index (χ0v) is 10.9. The van der Waals surface area contributed by atoms with Crippen LogP contribution in [0.3, 0.4) is 0 Å². The first-order chi connectivity index (χ1) is 8.40. The van der Waals surface area contributed by atoms with Gasteiger partial charge >= 0.3 is 0 Å². The lowest BCUT2D eigenvalue weighted by Crippen LogP contribution is -2.56. The van der Waals surface area contributed by atoms with Crippen LogP contribution >= 0.6 is 0 Å². The van der Waals surface area contributed by atoms with E-state index in [4.69, 9.17) is 9.47 Å². The maximum Gasteiger partial charge on any atom is 0.0645 e. The molecule has 5 heteroatoms. The molecule has 5 nitrogen and oxygen atoms in total. The molecule has 0 amide bonds. The van der Waals surface area contributed by atoms with Gasteiger partial charge in [-0.25, -0.2) is 0 Å². The molecule has 2 heterocycles. The zero-order chi connectivity index (χ0) is 11.9. The molecule has 0 saturated carbocycles. The van der Waals surface area contributed by atoms with E-state index in [-0.39, 0.29) is 0 Å². The van der Waals surface area contributed by atoms with Crippen molar-refractivity contribution < 1.29 is 9.47 Å². The van der Waals surface area contributed by atoms with E-state index in [1.54, 1.807) is 0 Å². The molecule has 17 heavy (non-hydrogen) atoms. The summed E-state index contributed by atoms with van der Waals surface area (Å²) < 4.78 is 10.8. The van der Waals surface area contributed by atoms with Gasteiger partial charge in [-0.3, -0.25) is 9.80 Å². The van der Waals surface area contributed by atoms with E-state index in [1.807, 2.05) is 7.05 Å². The predicted molar refractivity (Wildman–Crippen MR) is 67.4 cm³/mol. The molecular formula is C12H25N3O2. The van der Waals surface area contributed by atoms with Crippen molar-refractivity contribution in [3.05, 3.63) is 0 Å². The van der Waals surface area contributed by atoms with Gasteiger partial charge in [0.2, 0.25) is 0 Å². The first-order valence-electron chi connectivity index (χ1n) is 6.66. The molecule has 2 fully saturated rings. The Morgan fingerprint density at radius 2 is 1.94 bits per heavy atom. The fourth-order valence-electron chi connectivity index (χ4n) is 2.26. The molecule has 0 aromatic heterocycles. The Kier molecular flexibility index (Phi) is 5.67. The SMILES string of the molecule is CNCCOCCN1CCN(C2COC2)CC1. The lowest BCUT2D eigenvalue weighted by atomic mass is 10.2. The Morgan fingerprint density at radius 3 is 2.53 bits per heavy atom. The number of nitrogens with zero attached hydrogens (tertiary/aromatic N) is 2. The maximum absolute atomic E-state index is 5.55. The quantitative estimate of drug-likeness (QED) is 0.595. The average molecular weight is 243 g/mol. The van der Waals surface area contributed by atoms with Crippen LogP contribution in [-0.2, 0) is 9.47 Å². The van der Waals surface area contributed by atoms with E-state index in [9.17, 15) is 0 Å². The third-order valence-electron chi connectivity index (χ3n) is 3.59. The Bertz CT molecular complexity index is 204. The summed E-state index contributed by atoms with van der Waals surface area (Å²) in [5.41, 5.74) is 0. The molecule has 0 spiro atoms. The molecule has 0 aromatic carbocycles. The molecule has 2 rings (SSSR count). The molecular weight excluding hydrogens is 218 g/mol. The fourth-order valence-corrected chi connectivity index (χ4v) is 2.26. The number of rotatable bonds is 7. The molecule has 0 radical (unpaired) electrons. The Hall–Kier alpha value is -0.200. The zero-order valence-electron chi connectivity index (χ0n) is 10.9. The van der Waals surface area contributed by atoms with E-state index in [0.29, 0.717) is 6.04 Å². The molecule has 2 saturated heterocycles. The minimum absolute atomic E-state index is 0.698. The average Bonchev–Trinajstić information content (AvgIpc) is 2.29. The van der Waals surface area contributed by atoms with Crippen molar-refractivity contribution in [1.82, 2.24) is 15.1 Å². The van der Waals surface area contributed by atoms with E-state index >= 15 is 0 Å². The van der Waals surface area contributed by atoms with Gasteiger partial charge in [-0.2, -0.15) is 0 Å².